The minimum atomic E-state index is -0.552. The molecule has 0 aliphatic carbocycles. The number of aryl methyl sites for hydroxylation is 1. The number of hydrogen-bond donors (Lipinski definition) is 2. The fraction of sp³-hybridized carbons (Fsp3) is 0.400. The van der Waals surface area contributed by atoms with Crippen molar-refractivity contribution in [1.29, 1.82) is 0 Å². The summed E-state index contributed by atoms with van der Waals surface area (Å²) in [7, 11) is 0. The van der Waals surface area contributed by atoms with E-state index in [-0.39, 0.29) is 18.1 Å². The van der Waals surface area contributed by atoms with E-state index in [0.717, 1.165) is 6.42 Å². The van der Waals surface area contributed by atoms with Crippen molar-refractivity contribution in [1.82, 2.24) is 9.55 Å². The van der Waals surface area contributed by atoms with Crippen LogP contribution in [0.2, 0.25) is 0 Å². The van der Waals surface area contributed by atoms with Gasteiger partial charge >= 0.3 is 0 Å². The molecule has 0 saturated heterocycles. The fourth-order valence-electron chi connectivity index (χ4n) is 4.00. The van der Waals surface area contributed by atoms with Gasteiger partial charge in [-0.05, 0) is 30.5 Å². The van der Waals surface area contributed by atoms with Gasteiger partial charge in [0.25, 0.3) is 5.56 Å². The Morgan fingerprint density at radius 3 is 2.48 bits per heavy atom. The maximum absolute atomic E-state index is 13.0. The summed E-state index contributed by atoms with van der Waals surface area (Å²) < 4.78 is 1.41. The van der Waals surface area contributed by atoms with Crippen molar-refractivity contribution < 1.29 is 10.1 Å². The first-order valence-electron chi connectivity index (χ1n) is 11.1. The molecule has 3 aromatic rings. The molecule has 6 heteroatoms. The van der Waals surface area contributed by atoms with Crippen molar-refractivity contribution in [3.8, 4) is 0 Å². The average Bonchev–Trinajstić information content (AvgIpc) is 2.75. The van der Waals surface area contributed by atoms with Gasteiger partial charge in [-0.25, -0.2) is 4.98 Å². The summed E-state index contributed by atoms with van der Waals surface area (Å²) in [5.41, 5.74) is 8.43. The van der Waals surface area contributed by atoms with Gasteiger partial charge in [-0.1, -0.05) is 63.6 Å². The van der Waals surface area contributed by atoms with Crippen LogP contribution in [0.3, 0.4) is 0 Å². The van der Waals surface area contributed by atoms with Gasteiger partial charge in [0.05, 0.1) is 10.9 Å². The van der Waals surface area contributed by atoms with Crippen LogP contribution in [-0.4, -0.2) is 15.5 Å². The zero-order chi connectivity index (χ0) is 22.4. The third-order valence-electron chi connectivity index (χ3n) is 5.71. The van der Waals surface area contributed by atoms with Crippen molar-refractivity contribution in [3.05, 3.63) is 75.8 Å². The molecule has 2 aromatic carbocycles. The number of nitrogens with two attached hydrogens (primary N) is 2. The first kappa shape index (κ1) is 22.7. The smallest absolute Gasteiger partial charge is 0.262 e. The zero-order valence-corrected chi connectivity index (χ0v) is 18.7. The number of unbranched alkanes of at least 4 members (excludes halogenated alkanes) is 1. The van der Waals surface area contributed by atoms with E-state index in [1.54, 1.807) is 12.1 Å². The number of carbonyl (C=O) groups excluding carboxylic acids is 1. The van der Waals surface area contributed by atoms with Gasteiger partial charge in [0.1, 0.15) is 19.1 Å². The molecule has 31 heavy (non-hydrogen) atoms. The van der Waals surface area contributed by atoms with Crippen LogP contribution in [0.1, 0.15) is 56.6 Å². The Morgan fingerprint density at radius 2 is 1.84 bits per heavy atom. The lowest BCUT2D eigenvalue weighted by atomic mass is 9.94. The summed E-state index contributed by atoms with van der Waals surface area (Å²) in [6, 6.07) is 16.3. The van der Waals surface area contributed by atoms with Gasteiger partial charge in [0, 0.05) is 11.5 Å². The molecule has 1 amide bonds. The molecular formula is C25H33N4O2+. The molecule has 1 aromatic heterocycles. The van der Waals surface area contributed by atoms with Crippen LogP contribution in [0.5, 0.6) is 0 Å². The topological polar surface area (TPSA) is 94.6 Å². The van der Waals surface area contributed by atoms with Gasteiger partial charge in [0.2, 0.25) is 5.91 Å². The molecular weight excluding hydrogens is 388 g/mol. The lowest BCUT2D eigenvalue weighted by Gasteiger charge is -2.21. The van der Waals surface area contributed by atoms with Crippen LogP contribution in [0, 0.1) is 5.92 Å². The van der Waals surface area contributed by atoms with E-state index < -0.39 is 5.91 Å². The Kier molecular flexibility index (Phi) is 7.58. The summed E-state index contributed by atoms with van der Waals surface area (Å²) in [4.78, 5) is 29.3. The molecule has 164 valence electrons. The molecule has 4 N–H and O–H groups in total. The highest BCUT2D eigenvalue weighted by Crippen LogP contribution is 2.19. The van der Waals surface area contributed by atoms with E-state index >= 15 is 0 Å². The van der Waals surface area contributed by atoms with Crippen LogP contribution in [0.4, 0.5) is 0 Å². The number of primary amides is 1. The monoisotopic (exact) mass is 421 g/mol. The minimum Gasteiger partial charge on any atom is -0.368 e. The summed E-state index contributed by atoms with van der Waals surface area (Å²) in [5, 5.41) is 2.69. The SMILES string of the molecule is CCCCc1ccc([C@H]([NH2+]Cc2nc3ccccc3c(=O)n2CC(N)=O)C(C)C)cc1. The predicted octanol–water partition coefficient (Wildman–Crippen LogP) is 2.69. The van der Waals surface area contributed by atoms with Crippen LogP contribution in [0.25, 0.3) is 10.9 Å². The van der Waals surface area contributed by atoms with E-state index in [1.807, 2.05) is 12.1 Å². The van der Waals surface area contributed by atoms with Crippen LogP contribution >= 0.6 is 0 Å². The number of benzene rings is 2. The number of fused-ring (bicyclic) bond motifs is 1. The average molecular weight is 422 g/mol. The normalized spacial score (nSPS) is 12.4. The second-order valence-corrected chi connectivity index (χ2v) is 8.46. The molecule has 0 fully saturated rings. The van der Waals surface area contributed by atoms with E-state index in [1.165, 1.54) is 28.5 Å². The maximum atomic E-state index is 13.0. The Labute approximate surface area is 183 Å². The highest BCUT2D eigenvalue weighted by molar-refractivity contribution is 5.78. The van der Waals surface area contributed by atoms with E-state index in [4.69, 9.17) is 5.73 Å². The van der Waals surface area contributed by atoms with Crippen molar-refractivity contribution in [2.24, 2.45) is 11.7 Å². The first-order chi connectivity index (χ1) is 14.9. The minimum absolute atomic E-state index is 0.168. The molecule has 1 atom stereocenters. The zero-order valence-electron chi connectivity index (χ0n) is 18.7. The third-order valence-corrected chi connectivity index (χ3v) is 5.71. The summed E-state index contributed by atoms with van der Waals surface area (Å²) >= 11 is 0. The highest BCUT2D eigenvalue weighted by atomic mass is 16.2. The van der Waals surface area contributed by atoms with Crippen molar-refractivity contribution >= 4 is 16.8 Å². The molecule has 0 bridgehead atoms. The van der Waals surface area contributed by atoms with Gasteiger partial charge in [-0.15, -0.1) is 0 Å². The Bertz CT molecular complexity index is 1090. The number of aromatic nitrogens is 2. The summed E-state index contributed by atoms with van der Waals surface area (Å²) in [6.45, 7) is 6.90. The Hall–Kier alpha value is -2.99. The van der Waals surface area contributed by atoms with Gasteiger partial charge in [-0.3, -0.25) is 14.2 Å². The van der Waals surface area contributed by atoms with Gasteiger partial charge < -0.3 is 11.1 Å². The van der Waals surface area contributed by atoms with Gasteiger partial charge in [0.15, 0.2) is 5.82 Å². The molecule has 6 nitrogen and oxygen atoms in total. The third kappa shape index (κ3) is 5.58. The quantitative estimate of drug-likeness (QED) is 0.527. The number of nitrogens with zero attached hydrogens (tertiary/aromatic N) is 2. The highest BCUT2D eigenvalue weighted by Gasteiger charge is 2.21. The van der Waals surface area contributed by atoms with E-state index in [0.29, 0.717) is 29.2 Å². The molecule has 1 heterocycles. The first-order valence-corrected chi connectivity index (χ1v) is 11.1. The Morgan fingerprint density at radius 1 is 1.13 bits per heavy atom. The van der Waals surface area contributed by atoms with Crippen molar-refractivity contribution in [3.63, 3.8) is 0 Å². The second kappa shape index (κ2) is 10.4. The molecule has 0 unspecified atom stereocenters. The number of carbonyl (C=O) groups is 1. The number of rotatable bonds is 10. The van der Waals surface area contributed by atoms with Crippen molar-refractivity contribution in [2.45, 2.75) is 59.2 Å². The van der Waals surface area contributed by atoms with Crippen LogP contribution in [0.15, 0.2) is 53.3 Å². The lowest BCUT2D eigenvalue weighted by molar-refractivity contribution is -0.718. The fourth-order valence-corrected chi connectivity index (χ4v) is 4.00. The molecule has 0 aliphatic rings. The number of quaternary nitrogens is 1. The lowest BCUT2D eigenvalue weighted by Crippen LogP contribution is -2.85. The number of hydrogen-bond acceptors (Lipinski definition) is 3. The van der Waals surface area contributed by atoms with E-state index in [9.17, 15) is 9.59 Å². The largest absolute Gasteiger partial charge is 0.368 e. The van der Waals surface area contributed by atoms with Crippen LogP contribution in [-0.2, 0) is 24.3 Å². The number of para-hydroxylation sites is 1. The van der Waals surface area contributed by atoms with Crippen molar-refractivity contribution in [2.75, 3.05) is 0 Å². The predicted molar refractivity (Wildman–Crippen MR) is 123 cm³/mol. The summed E-state index contributed by atoms with van der Waals surface area (Å²) in [5.74, 6) is 0.398. The molecule has 0 spiro atoms. The molecule has 0 aliphatic heterocycles. The van der Waals surface area contributed by atoms with Gasteiger partial charge in [-0.2, -0.15) is 0 Å². The van der Waals surface area contributed by atoms with E-state index in [2.05, 4.69) is 55.3 Å². The van der Waals surface area contributed by atoms with Crippen LogP contribution < -0.4 is 16.6 Å². The molecule has 0 saturated carbocycles. The molecule has 0 radical (unpaired) electrons. The maximum Gasteiger partial charge on any atom is 0.262 e. The molecule has 3 rings (SSSR count). The standard InChI is InChI=1S/C25H32N4O2/c1-4-5-8-18-11-13-19(14-12-18)24(17(2)3)27-15-23-28-21-10-7-6-9-20(21)25(31)29(23)16-22(26)30/h6-7,9-14,17,24,27H,4-5,8,15-16H2,1-3H3,(H2,26,30)/p+1/t24-/m1/s1. The second-order valence-electron chi connectivity index (χ2n) is 8.46. The number of amides is 1. The summed E-state index contributed by atoms with van der Waals surface area (Å²) in [6.07, 6.45) is 3.49. The Balaban J connectivity index is 1.88.